The first-order valence-corrected chi connectivity index (χ1v) is 6.94. The van der Waals surface area contributed by atoms with E-state index in [1.54, 1.807) is 6.92 Å². The average molecular weight is 278 g/mol. The second-order valence-electron chi connectivity index (χ2n) is 5.79. The molecule has 0 bridgehead atoms. The summed E-state index contributed by atoms with van der Waals surface area (Å²) in [5, 5.41) is 3.17. The summed E-state index contributed by atoms with van der Waals surface area (Å²) in [5.74, 6) is 0.0956. The molecule has 3 unspecified atom stereocenters. The van der Waals surface area contributed by atoms with E-state index >= 15 is 0 Å². The zero-order valence-electron chi connectivity index (χ0n) is 11.3. The van der Waals surface area contributed by atoms with Crippen molar-refractivity contribution in [1.82, 2.24) is 10.2 Å². The molecule has 3 atom stereocenters. The molecule has 1 aliphatic heterocycles. The molecule has 0 spiro atoms. The molecule has 0 aromatic carbocycles. The van der Waals surface area contributed by atoms with Gasteiger partial charge in [0.2, 0.25) is 5.91 Å². The van der Waals surface area contributed by atoms with E-state index in [4.69, 9.17) is 0 Å². The van der Waals surface area contributed by atoms with E-state index in [9.17, 15) is 18.0 Å². The number of nitrogens with one attached hydrogen (secondary N) is 1. The molecule has 1 saturated carbocycles. The molecular weight excluding hydrogens is 257 g/mol. The molecule has 1 heterocycles. The van der Waals surface area contributed by atoms with Crippen molar-refractivity contribution in [2.75, 3.05) is 0 Å². The Morgan fingerprint density at radius 3 is 2.47 bits per heavy atom. The van der Waals surface area contributed by atoms with E-state index in [0.717, 1.165) is 25.7 Å². The number of alkyl halides is 3. The van der Waals surface area contributed by atoms with Crippen LogP contribution in [0.25, 0.3) is 0 Å². The number of amides is 1. The van der Waals surface area contributed by atoms with Crippen molar-refractivity contribution in [3.05, 3.63) is 0 Å². The Morgan fingerprint density at radius 2 is 1.95 bits per heavy atom. The third-order valence-corrected chi connectivity index (χ3v) is 4.19. The van der Waals surface area contributed by atoms with Gasteiger partial charge in [-0.25, -0.2) is 0 Å². The smallest absolute Gasteiger partial charge is 0.322 e. The Hall–Kier alpha value is -0.780. The zero-order chi connectivity index (χ0) is 14.2. The summed E-state index contributed by atoms with van der Waals surface area (Å²) in [4.78, 5) is 13.5. The fraction of sp³-hybridized carbons (Fsp3) is 0.923. The van der Waals surface area contributed by atoms with E-state index in [1.165, 1.54) is 11.8 Å². The van der Waals surface area contributed by atoms with Gasteiger partial charge in [-0.2, -0.15) is 13.2 Å². The van der Waals surface area contributed by atoms with Crippen LogP contribution in [0.3, 0.4) is 0 Å². The maximum Gasteiger partial charge on any atom is 0.391 e. The minimum atomic E-state index is -4.23. The standard InChI is InChI=1S/C13H21F3N2O/c1-8(7-13(14,15)16)18-11(10-5-3-4-6-10)17-9(2)12(18)19/h8-11,17H,3-7H2,1-2H3. The van der Waals surface area contributed by atoms with Gasteiger partial charge in [0.05, 0.1) is 18.6 Å². The first-order valence-electron chi connectivity index (χ1n) is 6.94. The van der Waals surface area contributed by atoms with Gasteiger partial charge < -0.3 is 4.90 Å². The van der Waals surface area contributed by atoms with E-state index < -0.39 is 18.6 Å². The van der Waals surface area contributed by atoms with Gasteiger partial charge in [-0.3, -0.25) is 10.1 Å². The van der Waals surface area contributed by atoms with Crippen LogP contribution in [0.5, 0.6) is 0 Å². The van der Waals surface area contributed by atoms with Crippen molar-refractivity contribution in [1.29, 1.82) is 0 Å². The molecule has 0 radical (unpaired) electrons. The van der Waals surface area contributed by atoms with Gasteiger partial charge in [-0.15, -0.1) is 0 Å². The first kappa shape index (κ1) is 14.6. The normalized spacial score (nSPS) is 31.2. The van der Waals surface area contributed by atoms with E-state index in [1.807, 2.05) is 0 Å². The SMILES string of the molecule is CC1NC(C2CCCC2)N(C(C)CC(F)(F)F)C1=O. The Labute approximate surface area is 111 Å². The molecule has 2 fully saturated rings. The quantitative estimate of drug-likeness (QED) is 0.861. The monoisotopic (exact) mass is 278 g/mol. The fourth-order valence-electron chi connectivity index (χ4n) is 3.33. The van der Waals surface area contributed by atoms with Crippen molar-refractivity contribution < 1.29 is 18.0 Å². The van der Waals surface area contributed by atoms with Crippen molar-refractivity contribution in [3.63, 3.8) is 0 Å². The molecule has 0 aromatic rings. The largest absolute Gasteiger partial charge is 0.391 e. The van der Waals surface area contributed by atoms with Crippen molar-refractivity contribution in [2.45, 2.75) is 70.4 Å². The van der Waals surface area contributed by atoms with Gasteiger partial charge >= 0.3 is 6.18 Å². The van der Waals surface area contributed by atoms with E-state index in [2.05, 4.69) is 5.32 Å². The Bertz CT molecular complexity index is 339. The van der Waals surface area contributed by atoms with Crippen LogP contribution in [0.15, 0.2) is 0 Å². The summed E-state index contributed by atoms with van der Waals surface area (Å²) in [5.41, 5.74) is 0. The summed E-state index contributed by atoms with van der Waals surface area (Å²) in [6.45, 7) is 3.22. The highest BCUT2D eigenvalue weighted by Crippen LogP contribution is 2.34. The second-order valence-corrected chi connectivity index (χ2v) is 5.79. The lowest BCUT2D eigenvalue weighted by atomic mass is 10.0. The van der Waals surface area contributed by atoms with Crippen LogP contribution in [0.4, 0.5) is 13.2 Å². The number of hydrogen-bond acceptors (Lipinski definition) is 2. The predicted octanol–water partition coefficient (Wildman–Crippen LogP) is 2.66. The Kier molecular flexibility index (Phi) is 4.08. The lowest BCUT2D eigenvalue weighted by molar-refractivity contribution is -0.154. The van der Waals surface area contributed by atoms with Gasteiger partial charge in [0.1, 0.15) is 0 Å². The summed E-state index contributed by atoms with van der Waals surface area (Å²) in [7, 11) is 0. The fourth-order valence-corrected chi connectivity index (χ4v) is 3.33. The van der Waals surface area contributed by atoms with Gasteiger partial charge in [0.25, 0.3) is 0 Å². The van der Waals surface area contributed by atoms with Crippen molar-refractivity contribution in [3.8, 4) is 0 Å². The maximum atomic E-state index is 12.5. The van der Waals surface area contributed by atoms with Gasteiger partial charge in [-0.05, 0) is 32.6 Å². The predicted molar refractivity (Wildman–Crippen MR) is 65.3 cm³/mol. The first-order chi connectivity index (χ1) is 8.79. The third kappa shape index (κ3) is 3.22. The van der Waals surface area contributed by atoms with Crippen LogP contribution in [-0.2, 0) is 4.79 Å². The molecule has 1 N–H and O–H groups in total. The Balaban J connectivity index is 2.11. The molecule has 1 aliphatic carbocycles. The van der Waals surface area contributed by atoms with Crippen molar-refractivity contribution in [2.24, 2.45) is 5.92 Å². The maximum absolute atomic E-state index is 12.5. The van der Waals surface area contributed by atoms with Crippen LogP contribution in [-0.4, -0.2) is 35.2 Å². The number of nitrogens with zero attached hydrogens (tertiary/aromatic N) is 1. The summed E-state index contributed by atoms with van der Waals surface area (Å²) >= 11 is 0. The number of hydrogen-bond donors (Lipinski definition) is 1. The van der Waals surface area contributed by atoms with E-state index in [0.29, 0.717) is 5.92 Å². The molecule has 2 rings (SSSR count). The molecule has 6 heteroatoms. The van der Waals surface area contributed by atoms with Crippen LogP contribution >= 0.6 is 0 Å². The minimum Gasteiger partial charge on any atom is -0.322 e. The molecule has 1 saturated heterocycles. The second kappa shape index (κ2) is 5.31. The van der Waals surface area contributed by atoms with Gasteiger partial charge in [-0.1, -0.05) is 12.8 Å². The summed E-state index contributed by atoms with van der Waals surface area (Å²) in [6, 6.07) is -1.17. The number of rotatable bonds is 3. The number of carbonyl (C=O) groups is 1. The average Bonchev–Trinajstić information content (AvgIpc) is 2.85. The van der Waals surface area contributed by atoms with Crippen LogP contribution in [0, 0.1) is 5.92 Å². The molecule has 1 amide bonds. The Morgan fingerprint density at radius 1 is 1.37 bits per heavy atom. The van der Waals surface area contributed by atoms with E-state index in [-0.39, 0.29) is 18.1 Å². The molecular formula is C13H21F3N2O. The summed E-state index contributed by atoms with van der Waals surface area (Å²) in [6.07, 6.45) is -1.19. The highest BCUT2D eigenvalue weighted by molar-refractivity contribution is 5.84. The lowest BCUT2D eigenvalue weighted by Gasteiger charge is -2.34. The highest BCUT2D eigenvalue weighted by atomic mass is 19.4. The van der Waals surface area contributed by atoms with Gasteiger partial charge in [0, 0.05) is 6.04 Å². The molecule has 0 aromatic heterocycles. The zero-order valence-corrected chi connectivity index (χ0v) is 11.3. The van der Waals surface area contributed by atoms with Gasteiger partial charge in [0.15, 0.2) is 0 Å². The minimum absolute atomic E-state index is 0.200. The number of carbonyl (C=O) groups excluding carboxylic acids is 1. The summed E-state index contributed by atoms with van der Waals surface area (Å²) < 4.78 is 37.6. The third-order valence-electron chi connectivity index (χ3n) is 4.19. The number of halogens is 3. The van der Waals surface area contributed by atoms with Crippen LogP contribution in [0.2, 0.25) is 0 Å². The lowest BCUT2D eigenvalue weighted by Crippen LogP contribution is -2.48. The molecule has 3 nitrogen and oxygen atoms in total. The molecule has 2 aliphatic rings. The molecule has 19 heavy (non-hydrogen) atoms. The van der Waals surface area contributed by atoms with Crippen molar-refractivity contribution >= 4 is 5.91 Å². The highest BCUT2D eigenvalue weighted by Gasteiger charge is 2.45. The van der Waals surface area contributed by atoms with Crippen LogP contribution < -0.4 is 5.32 Å². The topological polar surface area (TPSA) is 32.3 Å². The van der Waals surface area contributed by atoms with Crippen LogP contribution in [0.1, 0.15) is 46.0 Å². The molecule has 110 valence electrons.